The molecule has 0 saturated heterocycles. The van der Waals surface area contributed by atoms with Crippen molar-refractivity contribution in [3.05, 3.63) is 64.4 Å². The molecule has 2 atom stereocenters. The molecule has 0 bridgehead atoms. The molecule has 0 aliphatic carbocycles. The Morgan fingerprint density at radius 2 is 1.84 bits per heavy atom. The summed E-state index contributed by atoms with van der Waals surface area (Å²) in [6.07, 6.45) is -0.275. The normalized spacial score (nSPS) is 13.9. The van der Waals surface area contributed by atoms with E-state index in [2.05, 4.69) is 15.9 Å². The number of benzene rings is 2. The van der Waals surface area contributed by atoms with Crippen LogP contribution >= 0.6 is 15.9 Å². The summed E-state index contributed by atoms with van der Waals surface area (Å²) in [4.78, 5) is 0. The topological polar surface area (TPSA) is 35.2 Å². The van der Waals surface area contributed by atoms with Gasteiger partial charge in [0.05, 0.1) is 0 Å². The molecular formula is C15H15BrFNO. The van der Waals surface area contributed by atoms with Gasteiger partial charge in [0, 0.05) is 10.5 Å². The summed E-state index contributed by atoms with van der Waals surface area (Å²) in [6, 6.07) is 13.6. The van der Waals surface area contributed by atoms with E-state index in [9.17, 15) is 4.39 Å². The Bertz CT molecular complexity index is 542. The van der Waals surface area contributed by atoms with Crippen molar-refractivity contribution < 1.29 is 9.13 Å². The summed E-state index contributed by atoms with van der Waals surface area (Å²) >= 11 is 3.43. The standard InChI is InChI=1S/C15H15BrFNO/c1-10(18)15(11-3-2-4-12(16)9-11)19-14-7-5-13(17)6-8-14/h2-10,15H,18H2,1H3. The third-order valence-electron chi connectivity index (χ3n) is 2.73. The lowest BCUT2D eigenvalue weighted by Crippen LogP contribution is -2.29. The summed E-state index contributed by atoms with van der Waals surface area (Å²) < 4.78 is 19.7. The van der Waals surface area contributed by atoms with E-state index in [4.69, 9.17) is 10.5 Å². The molecule has 0 saturated carbocycles. The van der Waals surface area contributed by atoms with Crippen molar-refractivity contribution in [2.45, 2.75) is 19.1 Å². The van der Waals surface area contributed by atoms with E-state index in [-0.39, 0.29) is 18.0 Å². The second-order valence-electron chi connectivity index (χ2n) is 4.41. The highest BCUT2D eigenvalue weighted by Crippen LogP contribution is 2.26. The van der Waals surface area contributed by atoms with Crippen molar-refractivity contribution in [1.82, 2.24) is 0 Å². The number of rotatable bonds is 4. The van der Waals surface area contributed by atoms with Crippen LogP contribution < -0.4 is 10.5 Å². The van der Waals surface area contributed by atoms with Gasteiger partial charge in [-0.2, -0.15) is 0 Å². The van der Waals surface area contributed by atoms with Crippen LogP contribution in [0.5, 0.6) is 5.75 Å². The molecule has 0 aliphatic rings. The molecular weight excluding hydrogens is 309 g/mol. The van der Waals surface area contributed by atoms with Crippen LogP contribution in [0, 0.1) is 5.82 Å². The van der Waals surface area contributed by atoms with Crippen LogP contribution in [0.25, 0.3) is 0 Å². The van der Waals surface area contributed by atoms with Gasteiger partial charge in [0.1, 0.15) is 17.7 Å². The van der Waals surface area contributed by atoms with Gasteiger partial charge in [0.2, 0.25) is 0 Å². The maximum Gasteiger partial charge on any atom is 0.138 e. The van der Waals surface area contributed by atoms with Gasteiger partial charge in [0.25, 0.3) is 0 Å². The average molecular weight is 324 g/mol. The quantitative estimate of drug-likeness (QED) is 0.921. The lowest BCUT2D eigenvalue weighted by molar-refractivity contribution is 0.180. The van der Waals surface area contributed by atoms with Crippen molar-refractivity contribution in [3.63, 3.8) is 0 Å². The SMILES string of the molecule is CC(N)C(Oc1ccc(F)cc1)c1cccc(Br)c1. The molecule has 2 unspecified atom stereocenters. The van der Waals surface area contributed by atoms with Gasteiger partial charge in [0.15, 0.2) is 0 Å². The van der Waals surface area contributed by atoms with Gasteiger partial charge < -0.3 is 10.5 Å². The summed E-state index contributed by atoms with van der Waals surface area (Å²) in [5.41, 5.74) is 6.96. The van der Waals surface area contributed by atoms with Crippen LogP contribution in [0.15, 0.2) is 53.0 Å². The van der Waals surface area contributed by atoms with Crippen LogP contribution in [0.4, 0.5) is 4.39 Å². The highest BCUT2D eigenvalue weighted by molar-refractivity contribution is 9.10. The van der Waals surface area contributed by atoms with Gasteiger partial charge in [-0.3, -0.25) is 0 Å². The molecule has 0 spiro atoms. The summed E-state index contributed by atoms with van der Waals surface area (Å²) in [7, 11) is 0. The molecule has 2 aromatic carbocycles. The van der Waals surface area contributed by atoms with E-state index in [0.29, 0.717) is 5.75 Å². The second-order valence-corrected chi connectivity index (χ2v) is 5.32. The van der Waals surface area contributed by atoms with E-state index < -0.39 is 0 Å². The minimum atomic E-state index is -0.285. The molecule has 0 aromatic heterocycles. The molecule has 0 aliphatic heterocycles. The third-order valence-corrected chi connectivity index (χ3v) is 3.22. The summed E-state index contributed by atoms with van der Waals surface area (Å²) in [6.45, 7) is 1.88. The zero-order chi connectivity index (χ0) is 13.8. The van der Waals surface area contributed by atoms with Crippen LogP contribution in [0.1, 0.15) is 18.6 Å². The van der Waals surface area contributed by atoms with Gasteiger partial charge >= 0.3 is 0 Å². The Hall–Kier alpha value is -1.39. The van der Waals surface area contributed by atoms with Gasteiger partial charge in [-0.05, 0) is 48.9 Å². The Morgan fingerprint density at radius 1 is 1.16 bits per heavy atom. The number of ether oxygens (including phenoxy) is 1. The number of hydrogen-bond acceptors (Lipinski definition) is 2. The molecule has 0 heterocycles. The van der Waals surface area contributed by atoms with Crippen molar-refractivity contribution >= 4 is 15.9 Å². The maximum atomic E-state index is 12.9. The molecule has 100 valence electrons. The second kappa shape index (κ2) is 6.17. The van der Waals surface area contributed by atoms with Crippen LogP contribution in [-0.4, -0.2) is 6.04 Å². The van der Waals surface area contributed by atoms with Gasteiger partial charge in [-0.15, -0.1) is 0 Å². The molecule has 4 heteroatoms. The summed E-state index contributed by atoms with van der Waals surface area (Å²) in [5.74, 6) is 0.316. The Kier molecular flexibility index (Phi) is 4.56. The fourth-order valence-corrected chi connectivity index (χ4v) is 2.24. The first-order chi connectivity index (χ1) is 9.06. The average Bonchev–Trinajstić information content (AvgIpc) is 2.37. The third kappa shape index (κ3) is 3.78. The lowest BCUT2D eigenvalue weighted by Gasteiger charge is -2.23. The van der Waals surface area contributed by atoms with Gasteiger partial charge in [-0.25, -0.2) is 4.39 Å². The first-order valence-electron chi connectivity index (χ1n) is 5.99. The highest BCUT2D eigenvalue weighted by Gasteiger charge is 2.18. The largest absolute Gasteiger partial charge is 0.484 e. The van der Waals surface area contributed by atoms with Crippen LogP contribution in [0.3, 0.4) is 0 Å². The Labute approximate surface area is 120 Å². The van der Waals surface area contributed by atoms with Crippen molar-refractivity contribution in [3.8, 4) is 5.75 Å². The van der Waals surface area contributed by atoms with E-state index in [0.717, 1.165) is 10.0 Å². The molecule has 0 amide bonds. The fourth-order valence-electron chi connectivity index (χ4n) is 1.82. The zero-order valence-corrected chi connectivity index (χ0v) is 12.1. The van der Waals surface area contributed by atoms with Crippen LogP contribution in [0.2, 0.25) is 0 Å². The molecule has 2 aromatic rings. The lowest BCUT2D eigenvalue weighted by atomic mass is 10.0. The monoisotopic (exact) mass is 323 g/mol. The van der Waals surface area contributed by atoms with E-state index in [1.165, 1.54) is 12.1 Å². The number of nitrogens with two attached hydrogens (primary N) is 1. The molecule has 19 heavy (non-hydrogen) atoms. The van der Waals surface area contributed by atoms with E-state index in [1.807, 2.05) is 31.2 Å². The Morgan fingerprint density at radius 3 is 2.42 bits per heavy atom. The predicted molar refractivity (Wildman–Crippen MR) is 77.6 cm³/mol. The smallest absolute Gasteiger partial charge is 0.138 e. The maximum absolute atomic E-state index is 12.9. The van der Waals surface area contributed by atoms with Crippen molar-refractivity contribution in [2.24, 2.45) is 5.73 Å². The number of hydrogen-bond donors (Lipinski definition) is 1. The summed E-state index contributed by atoms with van der Waals surface area (Å²) in [5, 5.41) is 0. The zero-order valence-electron chi connectivity index (χ0n) is 10.5. The number of halogens is 2. The molecule has 2 rings (SSSR count). The van der Waals surface area contributed by atoms with E-state index in [1.54, 1.807) is 12.1 Å². The molecule has 2 nitrogen and oxygen atoms in total. The van der Waals surface area contributed by atoms with Crippen molar-refractivity contribution in [1.29, 1.82) is 0 Å². The van der Waals surface area contributed by atoms with Gasteiger partial charge in [-0.1, -0.05) is 28.1 Å². The first-order valence-corrected chi connectivity index (χ1v) is 6.79. The first kappa shape index (κ1) is 14.0. The highest BCUT2D eigenvalue weighted by atomic mass is 79.9. The minimum Gasteiger partial charge on any atom is -0.484 e. The molecule has 0 radical (unpaired) electrons. The fraction of sp³-hybridized carbons (Fsp3) is 0.200. The molecule has 2 N–H and O–H groups in total. The minimum absolute atomic E-state index is 0.181. The Balaban J connectivity index is 2.23. The van der Waals surface area contributed by atoms with Crippen molar-refractivity contribution in [2.75, 3.05) is 0 Å². The van der Waals surface area contributed by atoms with Crippen LogP contribution in [-0.2, 0) is 0 Å². The van der Waals surface area contributed by atoms with E-state index >= 15 is 0 Å². The predicted octanol–water partition coefficient (Wildman–Crippen LogP) is 4.06. The molecule has 0 fully saturated rings.